The Balaban J connectivity index is 1.50. The van der Waals surface area contributed by atoms with E-state index in [9.17, 15) is 9.18 Å². The molecule has 2 aromatic carbocycles. The maximum absolute atomic E-state index is 13.4. The fraction of sp³-hybridized carbons (Fsp3) is 0.350. The molecule has 1 fully saturated rings. The smallest absolute Gasteiger partial charge is 0.253 e. The molecule has 0 saturated carbocycles. The van der Waals surface area contributed by atoms with Crippen LogP contribution in [0.15, 0.2) is 42.5 Å². The molecule has 24 heavy (non-hydrogen) atoms. The van der Waals surface area contributed by atoms with E-state index in [1.165, 1.54) is 17.2 Å². The summed E-state index contributed by atoms with van der Waals surface area (Å²) >= 11 is 0. The van der Waals surface area contributed by atoms with Gasteiger partial charge in [0.2, 0.25) is 0 Å². The topological polar surface area (TPSA) is 29.5 Å². The standard InChI is InChI=1S/C20H20FNO2/c1-14-12-15(6-7-18(14)21)19(23)22-10-8-20(9-11-22)17-5-3-2-4-16(17)13-24-20/h2-7,12H,8-11,13H2,1H3. The first-order chi connectivity index (χ1) is 11.6. The van der Waals surface area contributed by atoms with Crippen molar-refractivity contribution in [3.63, 3.8) is 0 Å². The highest BCUT2D eigenvalue weighted by Gasteiger charge is 2.43. The van der Waals surface area contributed by atoms with Gasteiger partial charge < -0.3 is 9.64 Å². The largest absolute Gasteiger partial charge is 0.365 e. The number of nitrogens with zero attached hydrogens (tertiary/aromatic N) is 1. The molecule has 1 saturated heterocycles. The summed E-state index contributed by atoms with van der Waals surface area (Å²) in [5, 5.41) is 0. The van der Waals surface area contributed by atoms with Gasteiger partial charge in [-0.1, -0.05) is 24.3 Å². The second kappa shape index (κ2) is 5.71. The van der Waals surface area contributed by atoms with Gasteiger partial charge in [0, 0.05) is 18.7 Å². The lowest BCUT2D eigenvalue weighted by Crippen LogP contribution is -2.45. The van der Waals surface area contributed by atoms with Crippen molar-refractivity contribution in [2.75, 3.05) is 13.1 Å². The summed E-state index contributed by atoms with van der Waals surface area (Å²) in [6.07, 6.45) is 1.60. The Hall–Kier alpha value is -2.20. The molecule has 0 bridgehead atoms. The number of ether oxygens (including phenoxy) is 1. The second-order valence-electron chi connectivity index (χ2n) is 6.70. The van der Waals surface area contributed by atoms with Crippen molar-refractivity contribution in [3.8, 4) is 0 Å². The fourth-order valence-electron chi connectivity index (χ4n) is 3.83. The van der Waals surface area contributed by atoms with E-state index < -0.39 is 0 Å². The van der Waals surface area contributed by atoms with E-state index in [1.54, 1.807) is 19.1 Å². The van der Waals surface area contributed by atoms with E-state index in [2.05, 4.69) is 12.1 Å². The first kappa shape index (κ1) is 15.3. The van der Waals surface area contributed by atoms with Crippen LogP contribution in [0.2, 0.25) is 0 Å². The molecule has 0 atom stereocenters. The molecule has 0 aromatic heterocycles. The quantitative estimate of drug-likeness (QED) is 0.798. The predicted molar refractivity (Wildman–Crippen MR) is 89.2 cm³/mol. The molecule has 4 rings (SSSR count). The van der Waals surface area contributed by atoms with Crippen LogP contribution in [-0.2, 0) is 16.9 Å². The average molecular weight is 325 g/mol. The third-order valence-corrected chi connectivity index (χ3v) is 5.28. The molecule has 3 nitrogen and oxygen atoms in total. The number of aryl methyl sites for hydroxylation is 1. The number of rotatable bonds is 1. The summed E-state index contributed by atoms with van der Waals surface area (Å²) in [7, 11) is 0. The summed E-state index contributed by atoms with van der Waals surface area (Å²) in [5.41, 5.74) is 3.34. The van der Waals surface area contributed by atoms with Crippen LogP contribution in [0.1, 0.15) is 39.9 Å². The third-order valence-electron chi connectivity index (χ3n) is 5.28. The van der Waals surface area contributed by atoms with E-state index in [0.717, 1.165) is 12.8 Å². The van der Waals surface area contributed by atoms with Gasteiger partial charge in [0.15, 0.2) is 0 Å². The lowest BCUT2D eigenvalue weighted by Gasteiger charge is -2.39. The van der Waals surface area contributed by atoms with Crippen molar-refractivity contribution in [3.05, 3.63) is 70.5 Å². The van der Waals surface area contributed by atoms with Gasteiger partial charge in [0.1, 0.15) is 5.82 Å². The van der Waals surface area contributed by atoms with Gasteiger partial charge in [-0.05, 0) is 54.7 Å². The van der Waals surface area contributed by atoms with Gasteiger partial charge in [0.05, 0.1) is 12.2 Å². The molecule has 0 N–H and O–H groups in total. The molecule has 124 valence electrons. The van der Waals surface area contributed by atoms with Crippen LogP contribution in [0.5, 0.6) is 0 Å². The Bertz CT molecular complexity index is 794. The maximum Gasteiger partial charge on any atom is 0.253 e. The van der Waals surface area contributed by atoms with Crippen molar-refractivity contribution in [1.82, 2.24) is 4.90 Å². The summed E-state index contributed by atoms with van der Waals surface area (Å²) < 4.78 is 19.5. The average Bonchev–Trinajstić information content (AvgIpc) is 2.96. The number of hydrogen-bond donors (Lipinski definition) is 0. The highest BCUT2D eigenvalue weighted by atomic mass is 19.1. The van der Waals surface area contributed by atoms with E-state index in [4.69, 9.17) is 4.74 Å². The van der Waals surface area contributed by atoms with Crippen LogP contribution in [-0.4, -0.2) is 23.9 Å². The number of benzene rings is 2. The Morgan fingerprint density at radius 1 is 1.17 bits per heavy atom. The Labute approximate surface area is 141 Å². The van der Waals surface area contributed by atoms with Crippen LogP contribution in [0, 0.1) is 12.7 Å². The molecule has 2 aromatic rings. The highest BCUT2D eigenvalue weighted by Crippen LogP contribution is 2.44. The summed E-state index contributed by atoms with van der Waals surface area (Å²) in [5.74, 6) is -0.306. The first-order valence-corrected chi connectivity index (χ1v) is 8.37. The molecular formula is C20H20FNO2. The zero-order valence-electron chi connectivity index (χ0n) is 13.7. The fourth-order valence-corrected chi connectivity index (χ4v) is 3.83. The lowest BCUT2D eigenvalue weighted by atomic mass is 9.83. The zero-order valence-corrected chi connectivity index (χ0v) is 13.7. The van der Waals surface area contributed by atoms with Gasteiger partial charge in [0.25, 0.3) is 5.91 Å². The molecule has 1 spiro atoms. The summed E-state index contributed by atoms with van der Waals surface area (Å²) in [6, 6.07) is 12.9. The summed E-state index contributed by atoms with van der Waals surface area (Å²) in [4.78, 5) is 14.5. The van der Waals surface area contributed by atoms with Crippen molar-refractivity contribution in [2.24, 2.45) is 0 Å². The van der Waals surface area contributed by atoms with Crippen molar-refractivity contribution < 1.29 is 13.9 Å². The van der Waals surface area contributed by atoms with E-state index >= 15 is 0 Å². The van der Waals surface area contributed by atoms with Crippen molar-refractivity contribution >= 4 is 5.91 Å². The SMILES string of the molecule is Cc1cc(C(=O)N2CCC3(CC2)OCc2ccccc23)ccc1F. The Kier molecular flexibility index (Phi) is 3.65. The third kappa shape index (κ3) is 2.42. The minimum absolute atomic E-state index is 0.0285. The number of piperidine rings is 1. The van der Waals surface area contributed by atoms with E-state index in [1.807, 2.05) is 17.0 Å². The van der Waals surface area contributed by atoms with Crippen LogP contribution >= 0.6 is 0 Å². The Morgan fingerprint density at radius 2 is 1.92 bits per heavy atom. The second-order valence-corrected chi connectivity index (χ2v) is 6.70. The van der Waals surface area contributed by atoms with Crippen LogP contribution in [0.3, 0.4) is 0 Å². The highest BCUT2D eigenvalue weighted by molar-refractivity contribution is 5.94. The molecular weight excluding hydrogens is 305 g/mol. The van der Waals surface area contributed by atoms with Gasteiger partial charge in [-0.15, -0.1) is 0 Å². The van der Waals surface area contributed by atoms with Gasteiger partial charge in [-0.2, -0.15) is 0 Å². The monoisotopic (exact) mass is 325 g/mol. The number of likely N-dealkylation sites (tertiary alicyclic amines) is 1. The predicted octanol–water partition coefficient (Wildman–Crippen LogP) is 3.80. The van der Waals surface area contributed by atoms with Gasteiger partial charge >= 0.3 is 0 Å². The number of fused-ring (bicyclic) bond motifs is 2. The van der Waals surface area contributed by atoms with Crippen LogP contribution in [0.25, 0.3) is 0 Å². The molecule has 0 aliphatic carbocycles. The normalized spacial score (nSPS) is 18.7. The Morgan fingerprint density at radius 3 is 2.67 bits per heavy atom. The summed E-state index contributed by atoms with van der Waals surface area (Å²) in [6.45, 7) is 3.65. The number of carbonyl (C=O) groups excluding carboxylic acids is 1. The minimum atomic E-state index is -0.278. The number of carbonyl (C=O) groups is 1. The molecule has 2 aliphatic heterocycles. The van der Waals surface area contributed by atoms with Crippen molar-refractivity contribution in [1.29, 1.82) is 0 Å². The molecule has 2 heterocycles. The first-order valence-electron chi connectivity index (χ1n) is 8.37. The van der Waals surface area contributed by atoms with Crippen LogP contribution in [0.4, 0.5) is 4.39 Å². The molecule has 0 radical (unpaired) electrons. The number of halogens is 1. The van der Waals surface area contributed by atoms with E-state index in [-0.39, 0.29) is 17.3 Å². The zero-order chi connectivity index (χ0) is 16.7. The van der Waals surface area contributed by atoms with Gasteiger partial charge in [-0.25, -0.2) is 4.39 Å². The number of hydrogen-bond acceptors (Lipinski definition) is 2. The van der Waals surface area contributed by atoms with Crippen LogP contribution < -0.4 is 0 Å². The van der Waals surface area contributed by atoms with E-state index in [0.29, 0.717) is 30.8 Å². The molecule has 1 amide bonds. The van der Waals surface area contributed by atoms with Crippen molar-refractivity contribution in [2.45, 2.75) is 32.0 Å². The minimum Gasteiger partial charge on any atom is -0.365 e. The molecule has 4 heteroatoms. The lowest BCUT2D eigenvalue weighted by molar-refractivity contribution is -0.0741. The number of amides is 1. The molecule has 2 aliphatic rings. The van der Waals surface area contributed by atoms with Gasteiger partial charge in [-0.3, -0.25) is 4.79 Å². The molecule has 0 unspecified atom stereocenters. The maximum atomic E-state index is 13.4.